The Morgan fingerprint density at radius 1 is 1.00 bits per heavy atom. The average Bonchev–Trinajstić information content (AvgIpc) is 2.55. The molecule has 0 aliphatic carbocycles. The summed E-state index contributed by atoms with van der Waals surface area (Å²) >= 11 is 0. The summed E-state index contributed by atoms with van der Waals surface area (Å²) in [4.78, 5) is 0. The Morgan fingerprint density at radius 3 is 2.52 bits per heavy atom. The van der Waals surface area contributed by atoms with Gasteiger partial charge in [-0.1, -0.05) is 48.5 Å². The van der Waals surface area contributed by atoms with Gasteiger partial charge in [0.2, 0.25) is 0 Å². The van der Waals surface area contributed by atoms with E-state index >= 15 is 0 Å². The van der Waals surface area contributed by atoms with E-state index in [1.54, 1.807) is 6.07 Å². The topological polar surface area (TPSA) is 12.0 Å². The van der Waals surface area contributed by atoms with E-state index in [4.69, 9.17) is 0 Å². The van der Waals surface area contributed by atoms with Crippen LogP contribution in [0, 0.1) is 0 Å². The molecule has 0 spiro atoms. The summed E-state index contributed by atoms with van der Waals surface area (Å²) in [6.45, 7) is 0.684. The molecule has 1 aliphatic heterocycles. The molecule has 120 valence electrons. The van der Waals surface area contributed by atoms with Crippen LogP contribution >= 0.6 is 0 Å². The molecular weight excluding hydrogens is 299 g/mol. The van der Waals surface area contributed by atoms with Gasteiger partial charge in [0, 0.05) is 12.6 Å². The molecule has 4 heteroatoms. The zero-order chi connectivity index (χ0) is 16.3. The minimum Gasteiger partial charge on any atom is -0.310 e. The van der Waals surface area contributed by atoms with Crippen LogP contribution in [0.25, 0.3) is 5.57 Å². The first-order valence-electron chi connectivity index (χ1n) is 7.66. The third kappa shape index (κ3) is 4.02. The highest BCUT2D eigenvalue weighted by Gasteiger charge is 2.30. The number of nitrogens with one attached hydrogen (secondary N) is 1. The van der Waals surface area contributed by atoms with Crippen molar-refractivity contribution in [3.63, 3.8) is 0 Å². The highest BCUT2D eigenvalue weighted by Crippen LogP contribution is 2.32. The van der Waals surface area contributed by atoms with Gasteiger partial charge in [0.25, 0.3) is 0 Å². The van der Waals surface area contributed by atoms with E-state index in [9.17, 15) is 13.2 Å². The van der Waals surface area contributed by atoms with Crippen molar-refractivity contribution in [3.8, 4) is 0 Å². The molecule has 1 heterocycles. The van der Waals surface area contributed by atoms with Crippen molar-refractivity contribution in [1.82, 2.24) is 5.32 Å². The second-order valence-corrected chi connectivity index (χ2v) is 5.81. The standard InChI is InChI=1S/C19H18F3N/c20-19(21,22)17-8-4-7-15(12-17)16-9-10-23-18(13-16)11-14-5-2-1-3-6-14/h1-9,12,18,23H,10-11,13H2. The van der Waals surface area contributed by atoms with Crippen molar-refractivity contribution >= 4 is 5.57 Å². The normalized spacial score (nSPS) is 18.6. The average molecular weight is 317 g/mol. The van der Waals surface area contributed by atoms with Crippen molar-refractivity contribution in [2.75, 3.05) is 6.54 Å². The van der Waals surface area contributed by atoms with Crippen molar-refractivity contribution < 1.29 is 13.2 Å². The largest absolute Gasteiger partial charge is 0.416 e. The molecule has 0 bridgehead atoms. The Kier molecular flexibility index (Phi) is 4.53. The van der Waals surface area contributed by atoms with Gasteiger partial charge in [0.1, 0.15) is 0 Å². The van der Waals surface area contributed by atoms with Crippen molar-refractivity contribution in [2.45, 2.75) is 25.1 Å². The van der Waals surface area contributed by atoms with Crippen LogP contribution in [0.4, 0.5) is 13.2 Å². The molecule has 2 aromatic rings. The van der Waals surface area contributed by atoms with Gasteiger partial charge in [-0.3, -0.25) is 0 Å². The van der Waals surface area contributed by atoms with Gasteiger partial charge in [0.05, 0.1) is 5.56 Å². The molecule has 0 radical (unpaired) electrons. The Labute approximate surface area is 133 Å². The quantitative estimate of drug-likeness (QED) is 0.866. The van der Waals surface area contributed by atoms with E-state index in [1.165, 1.54) is 17.7 Å². The maximum atomic E-state index is 12.9. The van der Waals surface area contributed by atoms with Gasteiger partial charge < -0.3 is 5.32 Å². The van der Waals surface area contributed by atoms with E-state index in [0.717, 1.165) is 24.5 Å². The third-order valence-corrected chi connectivity index (χ3v) is 4.11. The lowest BCUT2D eigenvalue weighted by molar-refractivity contribution is -0.137. The molecule has 0 aromatic heterocycles. The minimum atomic E-state index is -4.30. The first-order valence-corrected chi connectivity index (χ1v) is 7.66. The maximum Gasteiger partial charge on any atom is 0.416 e. The Hall–Kier alpha value is -2.07. The monoisotopic (exact) mass is 317 g/mol. The molecule has 23 heavy (non-hydrogen) atoms. The number of hydrogen-bond donors (Lipinski definition) is 1. The fraction of sp³-hybridized carbons (Fsp3) is 0.263. The second-order valence-electron chi connectivity index (χ2n) is 5.81. The first kappa shape index (κ1) is 15.8. The fourth-order valence-corrected chi connectivity index (χ4v) is 2.94. The molecule has 1 N–H and O–H groups in total. The summed E-state index contributed by atoms with van der Waals surface area (Å²) in [7, 11) is 0. The van der Waals surface area contributed by atoms with Crippen LogP contribution in [-0.2, 0) is 12.6 Å². The van der Waals surface area contributed by atoms with Crippen LogP contribution in [0.15, 0.2) is 60.7 Å². The van der Waals surface area contributed by atoms with Crippen molar-refractivity contribution in [1.29, 1.82) is 0 Å². The van der Waals surface area contributed by atoms with E-state index in [-0.39, 0.29) is 6.04 Å². The van der Waals surface area contributed by atoms with Gasteiger partial charge in [0.15, 0.2) is 0 Å². The van der Waals surface area contributed by atoms with Crippen LogP contribution in [-0.4, -0.2) is 12.6 Å². The van der Waals surface area contributed by atoms with E-state index in [0.29, 0.717) is 12.1 Å². The fourth-order valence-electron chi connectivity index (χ4n) is 2.94. The van der Waals surface area contributed by atoms with Crippen LogP contribution in [0.5, 0.6) is 0 Å². The van der Waals surface area contributed by atoms with Gasteiger partial charge in [-0.15, -0.1) is 0 Å². The number of benzene rings is 2. The predicted molar refractivity (Wildman–Crippen MR) is 86.0 cm³/mol. The van der Waals surface area contributed by atoms with Crippen LogP contribution in [0.2, 0.25) is 0 Å². The van der Waals surface area contributed by atoms with E-state index < -0.39 is 11.7 Å². The summed E-state index contributed by atoms with van der Waals surface area (Å²) in [5.41, 5.74) is 2.29. The number of rotatable bonds is 3. The molecule has 1 nitrogen and oxygen atoms in total. The Bertz CT molecular complexity index is 689. The predicted octanol–water partition coefficient (Wildman–Crippen LogP) is 4.69. The molecule has 3 rings (SSSR count). The van der Waals surface area contributed by atoms with E-state index in [2.05, 4.69) is 17.4 Å². The summed E-state index contributed by atoms with van der Waals surface area (Å²) in [5, 5.41) is 3.41. The highest BCUT2D eigenvalue weighted by atomic mass is 19.4. The lowest BCUT2D eigenvalue weighted by Gasteiger charge is -2.25. The zero-order valence-corrected chi connectivity index (χ0v) is 12.6. The summed E-state index contributed by atoms with van der Waals surface area (Å²) in [6.07, 6.45) is -0.711. The molecule has 1 unspecified atom stereocenters. The number of hydrogen-bond acceptors (Lipinski definition) is 1. The van der Waals surface area contributed by atoms with Crippen LogP contribution < -0.4 is 5.32 Å². The maximum absolute atomic E-state index is 12.9. The van der Waals surface area contributed by atoms with Gasteiger partial charge in [-0.05, 0) is 41.7 Å². The van der Waals surface area contributed by atoms with Crippen molar-refractivity contribution in [3.05, 3.63) is 77.4 Å². The second kappa shape index (κ2) is 6.59. The third-order valence-electron chi connectivity index (χ3n) is 4.11. The molecule has 1 atom stereocenters. The summed E-state index contributed by atoms with van der Waals surface area (Å²) in [6, 6.07) is 16.0. The molecule has 0 saturated heterocycles. The number of alkyl halides is 3. The van der Waals surface area contributed by atoms with Crippen molar-refractivity contribution in [2.24, 2.45) is 0 Å². The van der Waals surface area contributed by atoms with E-state index in [1.807, 2.05) is 24.3 Å². The highest BCUT2D eigenvalue weighted by molar-refractivity contribution is 5.67. The molecule has 0 amide bonds. The minimum absolute atomic E-state index is 0.243. The van der Waals surface area contributed by atoms with Crippen LogP contribution in [0.3, 0.4) is 0 Å². The van der Waals surface area contributed by atoms with Gasteiger partial charge in [-0.25, -0.2) is 0 Å². The molecular formula is C19H18F3N. The van der Waals surface area contributed by atoms with Gasteiger partial charge in [-0.2, -0.15) is 13.2 Å². The Morgan fingerprint density at radius 2 is 1.78 bits per heavy atom. The first-order chi connectivity index (χ1) is 11.0. The summed E-state index contributed by atoms with van der Waals surface area (Å²) < 4.78 is 38.6. The molecule has 2 aromatic carbocycles. The molecule has 1 aliphatic rings. The molecule has 0 fully saturated rings. The number of halogens is 3. The Balaban J connectivity index is 1.75. The lowest BCUT2D eigenvalue weighted by atomic mass is 9.91. The lowest BCUT2D eigenvalue weighted by Crippen LogP contribution is -2.34. The SMILES string of the molecule is FC(F)(F)c1cccc(C2=CCNC(Cc3ccccc3)C2)c1. The molecule has 0 saturated carbocycles. The van der Waals surface area contributed by atoms with Gasteiger partial charge >= 0.3 is 6.18 Å². The summed E-state index contributed by atoms with van der Waals surface area (Å²) in [5.74, 6) is 0. The zero-order valence-electron chi connectivity index (χ0n) is 12.6. The van der Waals surface area contributed by atoms with Crippen LogP contribution in [0.1, 0.15) is 23.1 Å². The smallest absolute Gasteiger partial charge is 0.310 e.